The highest BCUT2D eigenvalue weighted by Gasteiger charge is 2.40. The van der Waals surface area contributed by atoms with Gasteiger partial charge in [0.1, 0.15) is 5.54 Å². The predicted molar refractivity (Wildman–Crippen MR) is 73.7 cm³/mol. The summed E-state index contributed by atoms with van der Waals surface area (Å²) in [4.78, 5) is 28.6. The third-order valence-corrected chi connectivity index (χ3v) is 4.20. The van der Waals surface area contributed by atoms with Crippen LogP contribution in [0.25, 0.3) is 0 Å². The van der Waals surface area contributed by atoms with Crippen LogP contribution in [0.3, 0.4) is 0 Å². The van der Waals surface area contributed by atoms with Crippen LogP contribution >= 0.6 is 0 Å². The molecular formula is C14H25N3O2. The van der Waals surface area contributed by atoms with Gasteiger partial charge >= 0.3 is 0 Å². The lowest BCUT2D eigenvalue weighted by Gasteiger charge is -2.40. The minimum atomic E-state index is -0.776. The molecule has 2 aliphatic heterocycles. The first-order valence-corrected chi connectivity index (χ1v) is 7.28. The van der Waals surface area contributed by atoms with Crippen LogP contribution in [0.1, 0.15) is 40.0 Å². The Hall–Kier alpha value is -1.10. The van der Waals surface area contributed by atoms with Crippen LogP contribution in [0.4, 0.5) is 0 Å². The van der Waals surface area contributed by atoms with E-state index in [1.807, 2.05) is 4.90 Å². The summed E-state index contributed by atoms with van der Waals surface area (Å²) in [6.07, 6.45) is 2.59. The first-order chi connectivity index (χ1) is 8.94. The Morgan fingerprint density at radius 1 is 1.32 bits per heavy atom. The number of rotatable bonds is 2. The first kappa shape index (κ1) is 14.3. The van der Waals surface area contributed by atoms with E-state index in [2.05, 4.69) is 17.1 Å². The van der Waals surface area contributed by atoms with Crippen molar-refractivity contribution in [1.82, 2.24) is 15.1 Å². The number of nitrogens with zero attached hydrogens (tertiary/aromatic N) is 2. The van der Waals surface area contributed by atoms with Gasteiger partial charge in [-0.2, -0.15) is 0 Å². The zero-order valence-electron chi connectivity index (χ0n) is 12.2. The Morgan fingerprint density at radius 3 is 2.74 bits per heavy atom. The third-order valence-electron chi connectivity index (χ3n) is 4.20. The summed E-state index contributed by atoms with van der Waals surface area (Å²) in [6, 6.07) is 0.258. The molecule has 0 spiro atoms. The smallest absolute Gasteiger partial charge is 0.248 e. The van der Waals surface area contributed by atoms with Gasteiger partial charge in [-0.15, -0.1) is 0 Å². The Labute approximate surface area is 115 Å². The Balaban J connectivity index is 2.13. The monoisotopic (exact) mass is 267 g/mol. The van der Waals surface area contributed by atoms with Gasteiger partial charge in [0.05, 0.1) is 0 Å². The molecule has 5 heteroatoms. The molecule has 5 nitrogen and oxygen atoms in total. The maximum Gasteiger partial charge on any atom is 0.248 e. The van der Waals surface area contributed by atoms with E-state index in [-0.39, 0.29) is 17.9 Å². The molecule has 0 aliphatic carbocycles. The molecule has 2 rings (SSSR count). The molecular weight excluding hydrogens is 242 g/mol. The van der Waals surface area contributed by atoms with Crippen LogP contribution in [-0.4, -0.2) is 59.4 Å². The second-order valence-electron chi connectivity index (χ2n) is 6.11. The maximum absolute atomic E-state index is 12.6. The number of nitrogens with one attached hydrogen (secondary N) is 1. The number of amides is 2. The fourth-order valence-electron chi connectivity index (χ4n) is 3.07. The highest BCUT2D eigenvalue weighted by molar-refractivity contribution is 5.93. The highest BCUT2D eigenvalue weighted by atomic mass is 16.2. The molecule has 2 aliphatic rings. The van der Waals surface area contributed by atoms with Gasteiger partial charge in [-0.3, -0.25) is 9.59 Å². The van der Waals surface area contributed by atoms with E-state index in [1.165, 1.54) is 0 Å². The molecule has 0 radical (unpaired) electrons. The molecule has 2 amide bonds. The van der Waals surface area contributed by atoms with Crippen molar-refractivity contribution in [3.63, 3.8) is 0 Å². The summed E-state index contributed by atoms with van der Waals surface area (Å²) < 4.78 is 0. The van der Waals surface area contributed by atoms with Gasteiger partial charge in [0.2, 0.25) is 11.8 Å². The van der Waals surface area contributed by atoms with Gasteiger partial charge in [0.15, 0.2) is 0 Å². The van der Waals surface area contributed by atoms with E-state index >= 15 is 0 Å². The molecule has 108 valence electrons. The summed E-state index contributed by atoms with van der Waals surface area (Å²) in [6.45, 7) is 9.39. The van der Waals surface area contributed by atoms with Crippen LogP contribution in [0.15, 0.2) is 0 Å². The zero-order chi connectivity index (χ0) is 14.0. The minimum Gasteiger partial charge on any atom is -0.342 e. The Morgan fingerprint density at radius 2 is 2.05 bits per heavy atom. The van der Waals surface area contributed by atoms with Gasteiger partial charge in [0, 0.05) is 25.6 Å². The molecule has 0 bridgehead atoms. The molecule has 2 heterocycles. The molecule has 19 heavy (non-hydrogen) atoms. The molecule has 2 saturated heterocycles. The van der Waals surface area contributed by atoms with Gasteiger partial charge in [0.25, 0.3) is 0 Å². The predicted octanol–water partition coefficient (Wildman–Crippen LogP) is 0.598. The van der Waals surface area contributed by atoms with E-state index in [0.717, 1.165) is 32.5 Å². The number of carbonyl (C=O) groups excluding carboxylic acids is 2. The Kier molecular flexibility index (Phi) is 4.13. The van der Waals surface area contributed by atoms with Gasteiger partial charge in [-0.05, 0) is 39.8 Å². The number of carbonyl (C=O) groups is 2. The van der Waals surface area contributed by atoms with Crippen molar-refractivity contribution in [2.45, 2.75) is 51.6 Å². The van der Waals surface area contributed by atoms with Crippen molar-refractivity contribution in [2.75, 3.05) is 26.2 Å². The first-order valence-electron chi connectivity index (χ1n) is 7.28. The summed E-state index contributed by atoms with van der Waals surface area (Å²) in [5.41, 5.74) is -0.776. The van der Waals surface area contributed by atoms with Crippen molar-refractivity contribution >= 4 is 11.8 Å². The van der Waals surface area contributed by atoms with Gasteiger partial charge < -0.3 is 15.1 Å². The molecule has 0 aromatic carbocycles. The standard InChI is InChI=1S/C14H25N3O2/c1-4-16-8-5-6-11(10-16)17-9-7-12(18)15-14(2,3)13(17)19/h11H,4-10H2,1-3H3,(H,15,18). The van der Waals surface area contributed by atoms with E-state index in [9.17, 15) is 9.59 Å². The van der Waals surface area contributed by atoms with E-state index in [4.69, 9.17) is 0 Å². The molecule has 1 atom stereocenters. The van der Waals surface area contributed by atoms with Gasteiger partial charge in [-0.25, -0.2) is 0 Å². The van der Waals surface area contributed by atoms with E-state index in [1.54, 1.807) is 13.8 Å². The van der Waals surface area contributed by atoms with E-state index in [0.29, 0.717) is 13.0 Å². The summed E-state index contributed by atoms with van der Waals surface area (Å²) >= 11 is 0. The number of likely N-dealkylation sites (N-methyl/N-ethyl adjacent to an activating group) is 1. The second-order valence-corrected chi connectivity index (χ2v) is 6.11. The van der Waals surface area contributed by atoms with Crippen LogP contribution in [0.2, 0.25) is 0 Å². The largest absolute Gasteiger partial charge is 0.342 e. The van der Waals surface area contributed by atoms with Gasteiger partial charge in [-0.1, -0.05) is 6.92 Å². The lowest BCUT2D eigenvalue weighted by Crippen LogP contribution is -2.57. The second kappa shape index (κ2) is 5.49. The third kappa shape index (κ3) is 3.08. The van der Waals surface area contributed by atoms with Crippen molar-refractivity contribution in [3.8, 4) is 0 Å². The SMILES string of the molecule is CCN1CCCC(N2CCC(=O)NC(C)(C)C2=O)C1. The highest BCUT2D eigenvalue weighted by Crippen LogP contribution is 2.21. The lowest BCUT2D eigenvalue weighted by molar-refractivity contribution is -0.140. The summed E-state index contributed by atoms with van der Waals surface area (Å²) in [5, 5.41) is 2.82. The van der Waals surface area contributed by atoms with Crippen LogP contribution in [-0.2, 0) is 9.59 Å². The van der Waals surface area contributed by atoms with Crippen molar-refractivity contribution in [1.29, 1.82) is 0 Å². The average Bonchev–Trinajstić information content (AvgIpc) is 2.47. The van der Waals surface area contributed by atoms with Crippen molar-refractivity contribution < 1.29 is 9.59 Å². The fourth-order valence-corrected chi connectivity index (χ4v) is 3.07. The van der Waals surface area contributed by atoms with Crippen LogP contribution in [0, 0.1) is 0 Å². The molecule has 0 saturated carbocycles. The normalized spacial score (nSPS) is 29.0. The van der Waals surface area contributed by atoms with Crippen LogP contribution < -0.4 is 5.32 Å². The number of hydrogen-bond acceptors (Lipinski definition) is 3. The topological polar surface area (TPSA) is 52.6 Å². The van der Waals surface area contributed by atoms with Crippen molar-refractivity contribution in [3.05, 3.63) is 0 Å². The number of hydrogen-bond donors (Lipinski definition) is 1. The number of piperidine rings is 1. The summed E-state index contributed by atoms with van der Waals surface area (Å²) in [5.74, 6) is 0.0327. The summed E-state index contributed by atoms with van der Waals surface area (Å²) in [7, 11) is 0. The fraction of sp³-hybridized carbons (Fsp3) is 0.857. The van der Waals surface area contributed by atoms with Crippen LogP contribution in [0.5, 0.6) is 0 Å². The maximum atomic E-state index is 12.6. The molecule has 0 aromatic rings. The number of likely N-dealkylation sites (tertiary alicyclic amines) is 1. The van der Waals surface area contributed by atoms with Crippen molar-refractivity contribution in [2.24, 2.45) is 0 Å². The average molecular weight is 267 g/mol. The molecule has 1 unspecified atom stereocenters. The lowest BCUT2D eigenvalue weighted by atomic mass is 9.99. The zero-order valence-corrected chi connectivity index (χ0v) is 12.2. The van der Waals surface area contributed by atoms with E-state index < -0.39 is 5.54 Å². The Bertz CT molecular complexity index is 368. The minimum absolute atomic E-state index is 0.0241. The quantitative estimate of drug-likeness (QED) is 0.797. The molecule has 2 fully saturated rings. The molecule has 0 aromatic heterocycles. The molecule has 1 N–H and O–H groups in total.